The summed E-state index contributed by atoms with van der Waals surface area (Å²) in [6, 6.07) is 5.89. The lowest BCUT2D eigenvalue weighted by molar-refractivity contribution is -0.384. The van der Waals surface area contributed by atoms with E-state index in [0.717, 1.165) is 25.7 Å². The molecule has 0 radical (unpaired) electrons. The number of amides is 1. The van der Waals surface area contributed by atoms with Crippen LogP contribution >= 0.6 is 0 Å². The number of rotatable bonds is 3. The molecule has 2 N–H and O–H groups in total. The minimum Gasteiger partial charge on any atom is -0.327 e. The summed E-state index contributed by atoms with van der Waals surface area (Å²) < 4.78 is 0. The molecule has 1 amide bonds. The number of carbonyl (C=O) groups is 1. The van der Waals surface area contributed by atoms with Crippen molar-refractivity contribution in [2.75, 3.05) is 11.9 Å². The largest absolute Gasteiger partial charge is 0.327 e. The molecule has 6 heteroatoms. The second-order valence-corrected chi connectivity index (χ2v) is 5.23. The number of benzene rings is 1. The molecule has 1 aliphatic carbocycles. The van der Waals surface area contributed by atoms with E-state index in [4.69, 9.17) is 5.73 Å². The normalized spacial score (nSPS) is 22.3. The van der Waals surface area contributed by atoms with Crippen LogP contribution in [-0.4, -0.2) is 23.9 Å². The quantitative estimate of drug-likeness (QED) is 0.676. The van der Waals surface area contributed by atoms with E-state index in [1.807, 2.05) is 0 Å². The fourth-order valence-corrected chi connectivity index (χ4v) is 2.64. The van der Waals surface area contributed by atoms with Gasteiger partial charge in [-0.15, -0.1) is 0 Å². The maximum absolute atomic E-state index is 12.4. The van der Waals surface area contributed by atoms with Crippen LogP contribution in [0, 0.1) is 16.0 Å². The molecule has 2 atom stereocenters. The summed E-state index contributed by atoms with van der Waals surface area (Å²) in [5.41, 5.74) is 6.69. The van der Waals surface area contributed by atoms with Crippen LogP contribution in [0.2, 0.25) is 0 Å². The third kappa shape index (κ3) is 2.96. The molecule has 2 rings (SSSR count). The van der Waals surface area contributed by atoms with Gasteiger partial charge in [0.25, 0.3) is 5.69 Å². The van der Waals surface area contributed by atoms with Crippen molar-refractivity contribution in [1.82, 2.24) is 0 Å². The Labute approximate surface area is 117 Å². The van der Waals surface area contributed by atoms with Gasteiger partial charge in [-0.25, -0.2) is 0 Å². The van der Waals surface area contributed by atoms with Crippen LogP contribution in [0.3, 0.4) is 0 Å². The number of non-ortho nitro benzene ring substituents is 1. The van der Waals surface area contributed by atoms with Crippen LogP contribution in [0.4, 0.5) is 11.4 Å². The average molecular weight is 277 g/mol. The first-order chi connectivity index (χ1) is 9.50. The molecule has 1 aliphatic rings. The molecular formula is C14H19N3O3. The van der Waals surface area contributed by atoms with Crippen LogP contribution in [0.15, 0.2) is 24.3 Å². The number of hydrogen-bond acceptors (Lipinski definition) is 4. The van der Waals surface area contributed by atoms with Crippen LogP contribution in [0.1, 0.15) is 25.7 Å². The molecule has 1 aromatic carbocycles. The van der Waals surface area contributed by atoms with Gasteiger partial charge in [-0.1, -0.05) is 12.8 Å². The molecule has 20 heavy (non-hydrogen) atoms. The lowest BCUT2D eigenvalue weighted by atomic mass is 9.84. The molecule has 0 saturated heterocycles. The summed E-state index contributed by atoms with van der Waals surface area (Å²) in [5.74, 6) is -0.157. The molecular weight excluding hydrogens is 258 g/mol. The predicted molar refractivity (Wildman–Crippen MR) is 76.4 cm³/mol. The van der Waals surface area contributed by atoms with Crippen molar-refractivity contribution in [2.45, 2.75) is 31.7 Å². The summed E-state index contributed by atoms with van der Waals surface area (Å²) in [6.07, 6.45) is 3.80. The lowest BCUT2D eigenvalue weighted by Gasteiger charge is -2.31. The van der Waals surface area contributed by atoms with Gasteiger partial charge in [0.15, 0.2) is 0 Å². The highest BCUT2D eigenvalue weighted by Crippen LogP contribution is 2.27. The Morgan fingerprint density at radius 2 is 1.90 bits per heavy atom. The highest BCUT2D eigenvalue weighted by atomic mass is 16.6. The molecule has 0 aromatic heterocycles. The number of hydrogen-bond donors (Lipinski definition) is 1. The van der Waals surface area contributed by atoms with Crippen LogP contribution < -0.4 is 10.6 Å². The maximum Gasteiger partial charge on any atom is 0.269 e. The number of nitro groups is 1. The first kappa shape index (κ1) is 14.5. The smallest absolute Gasteiger partial charge is 0.269 e. The Morgan fingerprint density at radius 3 is 2.45 bits per heavy atom. The average Bonchev–Trinajstić information content (AvgIpc) is 2.46. The van der Waals surface area contributed by atoms with Gasteiger partial charge >= 0.3 is 0 Å². The lowest BCUT2D eigenvalue weighted by Crippen LogP contribution is -2.44. The topological polar surface area (TPSA) is 89.5 Å². The number of nitrogens with two attached hydrogens (primary N) is 1. The van der Waals surface area contributed by atoms with E-state index in [2.05, 4.69) is 0 Å². The van der Waals surface area contributed by atoms with Gasteiger partial charge in [0.05, 0.1) is 10.8 Å². The van der Waals surface area contributed by atoms with Gasteiger partial charge in [-0.3, -0.25) is 14.9 Å². The van der Waals surface area contributed by atoms with Crippen LogP contribution in [0.25, 0.3) is 0 Å². The van der Waals surface area contributed by atoms with E-state index in [-0.39, 0.29) is 23.6 Å². The number of nitro benzene ring substituents is 1. The Morgan fingerprint density at radius 1 is 1.30 bits per heavy atom. The van der Waals surface area contributed by atoms with Gasteiger partial charge < -0.3 is 10.6 Å². The third-order valence-corrected chi connectivity index (χ3v) is 3.92. The molecule has 0 bridgehead atoms. The number of nitrogens with zero attached hydrogens (tertiary/aromatic N) is 2. The summed E-state index contributed by atoms with van der Waals surface area (Å²) in [4.78, 5) is 24.1. The van der Waals surface area contributed by atoms with E-state index >= 15 is 0 Å². The van der Waals surface area contributed by atoms with E-state index in [0.29, 0.717) is 5.69 Å². The molecule has 1 fully saturated rings. The van der Waals surface area contributed by atoms with Crippen molar-refractivity contribution in [3.05, 3.63) is 34.4 Å². The molecule has 108 valence electrons. The van der Waals surface area contributed by atoms with Gasteiger partial charge in [0.2, 0.25) is 5.91 Å². The van der Waals surface area contributed by atoms with Gasteiger partial charge in [-0.05, 0) is 25.0 Å². The standard InChI is InChI=1S/C14H19N3O3/c1-16(10-6-8-11(9-7-10)17(19)20)14(18)12-4-2-3-5-13(12)15/h6-9,12-13H,2-5,15H2,1H3. The minimum absolute atomic E-state index is 0.00828. The van der Waals surface area contributed by atoms with Gasteiger partial charge in [0, 0.05) is 30.9 Å². The van der Waals surface area contributed by atoms with Crippen LogP contribution in [-0.2, 0) is 4.79 Å². The van der Waals surface area contributed by atoms with Crippen molar-refractivity contribution in [2.24, 2.45) is 11.7 Å². The molecule has 1 aromatic rings. The zero-order chi connectivity index (χ0) is 14.7. The van der Waals surface area contributed by atoms with Crippen molar-refractivity contribution in [3.63, 3.8) is 0 Å². The molecule has 2 unspecified atom stereocenters. The summed E-state index contributed by atoms with van der Waals surface area (Å²) in [7, 11) is 1.69. The van der Waals surface area contributed by atoms with E-state index in [9.17, 15) is 14.9 Å². The number of carbonyl (C=O) groups excluding carboxylic acids is 1. The van der Waals surface area contributed by atoms with Crippen molar-refractivity contribution in [1.29, 1.82) is 0 Å². The fourth-order valence-electron chi connectivity index (χ4n) is 2.64. The second-order valence-electron chi connectivity index (χ2n) is 5.23. The first-order valence-corrected chi connectivity index (χ1v) is 6.78. The molecule has 0 heterocycles. The highest BCUT2D eigenvalue weighted by molar-refractivity contribution is 5.95. The minimum atomic E-state index is -0.456. The predicted octanol–water partition coefficient (Wildman–Crippen LogP) is 2.08. The summed E-state index contributed by atoms with van der Waals surface area (Å²) in [5, 5.41) is 10.6. The second kappa shape index (κ2) is 6.00. The first-order valence-electron chi connectivity index (χ1n) is 6.78. The Bertz CT molecular complexity index is 501. The maximum atomic E-state index is 12.4. The molecule has 6 nitrogen and oxygen atoms in total. The Balaban J connectivity index is 2.11. The van der Waals surface area contributed by atoms with Gasteiger partial charge in [0.1, 0.15) is 0 Å². The zero-order valence-electron chi connectivity index (χ0n) is 11.5. The summed E-state index contributed by atoms with van der Waals surface area (Å²) in [6.45, 7) is 0. The van der Waals surface area contributed by atoms with Crippen molar-refractivity contribution < 1.29 is 9.72 Å². The number of anilines is 1. The highest BCUT2D eigenvalue weighted by Gasteiger charge is 2.30. The van der Waals surface area contributed by atoms with E-state index in [1.165, 1.54) is 12.1 Å². The molecule has 0 spiro atoms. The third-order valence-electron chi connectivity index (χ3n) is 3.92. The van der Waals surface area contributed by atoms with E-state index in [1.54, 1.807) is 24.1 Å². The SMILES string of the molecule is CN(C(=O)C1CCCCC1N)c1ccc([N+](=O)[O-])cc1. The molecule has 1 saturated carbocycles. The molecule has 0 aliphatic heterocycles. The zero-order valence-corrected chi connectivity index (χ0v) is 11.5. The van der Waals surface area contributed by atoms with Gasteiger partial charge in [-0.2, -0.15) is 0 Å². The van der Waals surface area contributed by atoms with E-state index < -0.39 is 4.92 Å². The van der Waals surface area contributed by atoms with Crippen molar-refractivity contribution in [3.8, 4) is 0 Å². The summed E-state index contributed by atoms with van der Waals surface area (Å²) >= 11 is 0. The van der Waals surface area contributed by atoms with Crippen LogP contribution in [0.5, 0.6) is 0 Å². The Hall–Kier alpha value is -1.95. The monoisotopic (exact) mass is 277 g/mol. The Kier molecular flexibility index (Phi) is 4.34. The van der Waals surface area contributed by atoms with Crippen molar-refractivity contribution >= 4 is 17.3 Å². The fraction of sp³-hybridized carbons (Fsp3) is 0.500.